The zero-order valence-electron chi connectivity index (χ0n) is 9.37. The Balaban J connectivity index is 2.51. The highest BCUT2D eigenvalue weighted by Crippen LogP contribution is 2.19. The summed E-state index contributed by atoms with van der Waals surface area (Å²) < 4.78 is 14.6. The molecule has 0 saturated heterocycles. The Labute approximate surface area is 103 Å². The third-order valence-corrected chi connectivity index (χ3v) is 2.69. The monoisotopic (exact) mass is 252 g/mol. The van der Waals surface area contributed by atoms with Crippen LogP contribution in [0.2, 0.25) is 5.02 Å². The van der Waals surface area contributed by atoms with Crippen molar-refractivity contribution in [1.82, 2.24) is 9.78 Å². The van der Waals surface area contributed by atoms with Crippen LogP contribution in [-0.4, -0.2) is 15.6 Å². The molecule has 0 saturated carbocycles. The molecule has 0 fully saturated rings. The molecule has 0 unspecified atom stereocenters. The summed E-state index contributed by atoms with van der Waals surface area (Å²) >= 11 is 5.87. The maximum Gasteiger partial charge on any atom is 0.212 e. The van der Waals surface area contributed by atoms with Gasteiger partial charge >= 0.3 is 0 Å². The van der Waals surface area contributed by atoms with E-state index in [1.165, 1.54) is 23.0 Å². The predicted octanol–water partition coefficient (Wildman–Crippen LogP) is 2.75. The van der Waals surface area contributed by atoms with E-state index >= 15 is 0 Å². The first-order valence-corrected chi connectivity index (χ1v) is 5.36. The smallest absolute Gasteiger partial charge is 0.212 e. The molecule has 88 valence electrons. The number of hydrogen-bond acceptors (Lipinski definition) is 2. The maximum absolute atomic E-state index is 13.2. The molecule has 0 amide bonds. The van der Waals surface area contributed by atoms with Gasteiger partial charge in [0.25, 0.3) is 0 Å². The Morgan fingerprint density at radius 2 is 2.12 bits per heavy atom. The summed E-state index contributed by atoms with van der Waals surface area (Å²) in [6.45, 7) is 1.73. The lowest BCUT2D eigenvalue weighted by molar-refractivity contribution is 0.103. The van der Waals surface area contributed by atoms with Crippen LogP contribution < -0.4 is 0 Å². The average Bonchev–Trinajstić information content (AvgIpc) is 2.56. The standard InChI is InChI=1S/C12H10ClFN2O/c1-7-3-8(5-9(14)4-7)12(17)11-10(13)6-15-16(11)2/h3-6H,1-2H3. The van der Waals surface area contributed by atoms with Crippen LogP contribution in [0.15, 0.2) is 24.4 Å². The molecule has 1 aromatic carbocycles. The molecule has 17 heavy (non-hydrogen) atoms. The summed E-state index contributed by atoms with van der Waals surface area (Å²) in [6, 6.07) is 4.18. The summed E-state index contributed by atoms with van der Waals surface area (Å²) in [6.07, 6.45) is 1.39. The van der Waals surface area contributed by atoms with Crippen LogP contribution in [0.4, 0.5) is 4.39 Å². The van der Waals surface area contributed by atoms with Crippen molar-refractivity contribution in [2.45, 2.75) is 6.92 Å². The van der Waals surface area contributed by atoms with Gasteiger partial charge in [-0.1, -0.05) is 11.6 Å². The van der Waals surface area contributed by atoms with Crippen LogP contribution in [0, 0.1) is 12.7 Å². The van der Waals surface area contributed by atoms with Crippen molar-refractivity contribution in [1.29, 1.82) is 0 Å². The highest BCUT2D eigenvalue weighted by Gasteiger charge is 2.18. The Kier molecular flexibility index (Phi) is 2.98. The van der Waals surface area contributed by atoms with Crippen LogP contribution in [0.3, 0.4) is 0 Å². The quantitative estimate of drug-likeness (QED) is 0.771. The van der Waals surface area contributed by atoms with Gasteiger partial charge < -0.3 is 0 Å². The van der Waals surface area contributed by atoms with E-state index in [-0.39, 0.29) is 22.1 Å². The molecule has 0 bridgehead atoms. The van der Waals surface area contributed by atoms with Crippen LogP contribution in [0.25, 0.3) is 0 Å². The van der Waals surface area contributed by atoms with Crippen LogP contribution in [0.1, 0.15) is 21.6 Å². The Bertz CT molecular complexity index is 552. The first kappa shape index (κ1) is 11.8. The number of benzene rings is 1. The van der Waals surface area contributed by atoms with Gasteiger partial charge in [0.15, 0.2) is 0 Å². The number of carbonyl (C=O) groups is 1. The van der Waals surface area contributed by atoms with Crippen molar-refractivity contribution < 1.29 is 9.18 Å². The molecule has 3 nitrogen and oxygen atoms in total. The lowest BCUT2D eigenvalue weighted by Crippen LogP contribution is -2.09. The first-order chi connectivity index (χ1) is 7.99. The van der Waals surface area contributed by atoms with Gasteiger partial charge in [-0.25, -0.2) is 4.39 Å². The third kappa shape index (κ3) is 2.22. The van der Waals surface area contributed by atoms with Crippen LogP contribution >= 0.6 is 11.6 Å². The van der Waals surface area contributed by atoms with Gasteiger partial charge in [0.2, 0.25) is 5.78 Å². The van der Waals surface area contributed by atoms with Crippen molar-refractivity contribution in [3.63, 3.8) is 0 Å². The van der Waals surface area contributed by atoms with Gasteiger partial charge in [-0.05, 0) is 30.7 Å². The first-order valence-electron chi connectivity index (χ1n) is 4.98. The number of hydrogen-bond donors (Lipinski definition) is 0. The minimum atomic E-state index is -0.438. The van der Waals surface area contributed by atoms with Gasteiger partial charge in [-0.3, -0.25) is 9.48 Å². The molecule has 1 aromatic heterocycles. The summed E-state index contributed by atoms with van der Waals surface area (Å²) in [4.78, 5) is 12.1. The molecule has 2 aromatic rings. The lowest BCUT2D eigenvalue weighted by Gasteiger charge is -2.04. The van der Waals surface area contributed by atoms with Gasteiger partial charge in [0.05, 0.1) is 11.2 Å². The third-order valence-electron chi connectivity index (χ3n) is 2.41. The van der Waals surface area contributed by atoms with Crippen molar-refractivity contribution >= 4 is 17.4 Å². The van der Waals surface area contributed by atoms with E-state index in [9.17, 15) is 9.18 Å². The zero-order valence-corrected chi connectivity index (χ0v) is 10.1. The second kappa shape index (κ2) is 4.30. The van der Waals surface area contributed by atoms with Crippen LogP contribution in [0.5, 0.6) is 0 Å². The minimum Gasteiger partial charge on any atom is -0.287 e. The fraction of sp³-hybridized carbons (Fsp3) is 0.167. The zero-order chi connectivity index (χ0) is 12.6. The summed E-state index contributed by atoms with van der Waals surface area (Å²) in [5.41, 5.74) is 1.22. The van der Waals surface area contributed by atoms with E-state index < -0.39 is 5.82 Å². The molecular formula is C12H10ClFN2O. The molecule has 0 atom stereocenters. The summed E-state index contributed by atoms with van der Waals surface area (Å²) in [5.74, 6) is -0.774. The molecule has 5 heteroatoms. The Morgan fingerprint density at radius 1 is 1.41 bits per heavy atom. The van der Waals surface area contributed by atoms with Gasteiger partial charge in [0, 0.05) is 12.6 Å². The van der Waals surface area contributed by atoms with E-state index in [4.69, 9.17) is 11.6 Å². The van der Waals surface area contributed by atoms with E-state index in [2.05, 4.69) is 5.10 Å². The molecule has 2 rings (SSSR count). The molecule has 0 radical (unpaired) electrons. The number of carbonyl (C=O) groups excluding carboxylic acids is 1. The molecule has 0 spiro atoms. The number of nitrogens with zero attached hydrogens (tertiary/aromatic N) is 2. The van der Waals surface area contributed by atoms with E-state index in [0.29, 0.717) is 5.56 Å². The Morgan fingerprint density at radius 3 is 2.65 bits per heavy atom. The molecular weight excluding hydrogens is 243 g/mol. The highest BCUT2D eigenvalue weighted by molar-refractivity contribution is 6.34. The largest absolute Gasteiger partial charge is 0.287 e. The fourth-order valence-electron chi connectivity index (χ4n) is 1.67. The minimum absolute atomic E-state index is 0.261. The van der Waals surface area contributed by atoms with E-state index in [0.717, 1.165) is 0 Å². The molecule has 0 aliphatic heterocycles. The lowest BCUT2D eigenvalue weighted by atomic mass is 10.1. The van der Waals surface area contributed by atoms with Crippen molar-refractivity contribution in [3.05, 3.63) is 52.1 Å². The second-order valence-corrected chi connectivity index (χ2v) is 4.22. The normalized spacial score (nSPS) is 10.6. The molecule has 0 aliphatic rings. The topological polar surface area (TPSA) is 34.9 Å². The predicted molar refractivity (Wildman–Crippen MR) is 62.8 cm³/mol. The fourth-order valence-corrected chi connectivity index (χ4v) is 1.92. The molecule has 0 N–H and O–H groups in total. The summed E-state index contributed by atoms with van der Waals surface area (Å²) in [7, 11) is 1.62. The number of halogens is 2. The SMILES string of the molecule is Cc1cc(F)cc(C(=O)c2c(Cl)cnn2C)c1. The number of ketones is 1. The van der Waals surface area contributed by atoms with E-state index in [1.54, 1.807) is 20.0 Å². The van der Waals surface area contributed by atoms with Crippen LogP contribution in [-0.2, 0) is 7.05 Å². The van der Waals surface area contributed by atoms with Gasteiger partial charge in [0.1, 0.15) is 11.5 Å². The number of aromatic nitrogens is 2. The van der Waals surface area contributed by atoms with Crippen molar-refractivity contribution in [3.8, 4) is 0 Å². The molecule has 0 aliphatic carbocycles. The highest BCUT2D eigenvalue weighted by atomic mass is 35.5. The second-order valence-electron chi connectivity index (χ2n) is 3.81. The van der Waals surface area contributed by atoms with Gasteiger partial charge in [-0.2, -0.15) is 5.10 Å². The average molecular weight is 253 g/mol. The van der Waals surface area contributed by atoms with Crippen molar-refractivity contribution in [2.24, 2.45) is 7.05 Å². The maximum atomic E-state index is 13.2. The number of aryl methyl sites for hydroxylation is 2. The summed E-state index contributed by atoms with van der Waals surface area (Å²) in [5, 5.41) is 4.14. The Hall–Kier alpha value is -1.68. The number of rotatable bonds is 2. The van der Waals surface area contributed by atoms with Gasteiger partial charge in [-0.15, -0.1) is 0 Å². The van der Waals surface area contributed by atoms with Crippen molar-refractivity contribution in [2.75, 3.05) is 0 Å². The molecule has 1 heterocycles. The van der Waals surface area contributed by atoms with E-state index in [1.807, 2.05) is 0 Å².